The minimum atomic E-state index is -0.242. The van der Waals surface area contributed by atoms with Gasteiger partial charge in [0.05, 0.1) is 21.7 Å². The Balaban J connectivity index is 1.95. The highest BCUT2D eigenvalue weighted by atomic mass is 79.9. The van der Waals surface area contributed by atoms with Crippen molar-refractivity contribution in [1.82, 2.24) is 4.90 Å². The Morgan fingerprint density at radius 3 is 2.75 bits per heavy atom. The summed E-state index contributed by atoms with van der Waals surface area (Å²) < 4.78 is 5.86. The fourth-order valence-corrected chi connectivity index (χ4v) is 3.29. The van der Waals surface area contributed by atoms with Crippen LogP contribution >= 0.6 is 27.3 Å². The van der Waals surface area contributed by atoms with Gasteiger partial charge in [-0.25, -0.2) is 0 Å². The van der Waals surface area contributed by atoms with Gasteiger partial charge in [-0.05, 0) is 53.7 Å². The molecule has 0 N–H and O–H groups in total. The molecule has 0 bridgehead atoms. The van der Waals surface area contributed by atoms with Crippen LogP contribution < -0.4 is 0 Å². The minimum absolute atomic E-state index is 0.0110. The molecule has 0 aromatic carbocycles. The van der Waals surface area contributed by atoms with Gasteiger partial charge in [-0.2, -0.15) is 0 Å². The molecule has 1 heterocycles. The van der Waals surface area contributed by atoms with Crippen molar-refractivity contribution in [1.29, 1.82) is 0 Å². The topological polar surface area (TPSA) is 46.6 Å². The number of carbonyl (C=O) groups is 2. The van der Waals surface area contributed by atoms with Gasteiger partial charge in [0, 0.05) is 13.1 Å². The maximum atomic E-state index is 12.5. The van der Waals surface area contributed by atoms with Gasteiger partial charge in [0.25, 0.3) is 5.91 Å². The Kier molecular flexibility index (Phi) is 5.60. The summed E-state index contributed by atoms with van der Waals surface area (Å²) in [5.74, 6) is 0.370. The first-order chi connectivity index (χ1) is 9.60. The molecule has 1 aliphatic carbocycles. The number of amides is 1. The summed E-state index contributed by atoms with van der Waals surface area (Å²) >= 11 is 4.79. The first kappa shape index (κ1) is 15.5. The lowest BCUT2D eigenvalue weighted by Gasteiger charge is -2.21. The molecule has 1 aromatic rings. The molecule has 0 spiro atoms. The van der Waals surface area contributed by atoms with E-state index in [-0.39, 0.29) is 18.3 Å². The number of carbonyl (C=O) groups excluding carboxylic acids is 2. The van der Waals surface area contributed by atoms with E-state index < -0.39 is 0 Å². The van der Waals surface area contributed by atoms with E-state index in [0.717, 1.165) is 10.3 Å². The molecule has 110 valence electrons. The van der Waals surface area contributed by atoms with E-state index in [2.05, 4.69) is 15.9 Å². The Labute approximate surface area is 131 Å². The summed E-state index contributed by atoms with van der Waals surface area (Å²) in [7, 11) is 0. The lowest BCUT2D eigenvalue weighted by atomic mass is 10.3. The summed E-state index contributed by atoms with van der Waals surface area (Å²) in [5, 5.41) is 0. The highest BCUT2D eigenvalue weighted by molar-refractivity contribution is 9.11. The van der Waals surface area contributed by atoms with E-state index in [1.165, 1.54) is 24.2 Å². The van der Waals surface area contributed by atoms with Crippen molar-refractivity contribution in [3.63, 3.8) is 0 Å². The van der Waals surface area contributed by atoms with Crippen LogP contribution in [0.25, 0.3) is 0 Å². The number of rotatable bonds is 7. The molecule has 0 atom stereocenters. The van der Waals surface area contributed by atoms with Gasteiger partial charge in [-0.15, -0.1) is 11.3 Å². The average Bonchev–Trinajstić information content (AvgIpc) is 3.13. The highest BCUT2D eigenvalue weighted by Gasteiger charge is 2.28. The SMILES string of the molecule is CCOC(=O)CCN(CC1CC1)C(=O)c1ccc(Br)s1. The first-order valence-corrected chi connectivity index (χ1v) is 8.41. The van der Waals surface area contributed by atoms with Crippen LogP contribution in [0.2, 0.25) is 0 Å². The number of nitrogens with zero attached hydrogens (tertiary/aromatic N) is 1. The van der Waals surface area contributed by atoms with Crippen LogP contribution in [0.1, 0.15) is 35.9 Å². The lowest BCUT2D eigenvalue weighted by Crippen LogP contribution is -2.34. The fraction of sp³-hybridized carbons (Fsp3) is 0.571. The van der Waals surface area contributed by atoms with Crippen molar-refractivity contribution in [2.24, 2.45) is 5.92 Å². The molecule has 4 nitrogen and oxygen atoms in total. The lowest BCUT2D eigenvalue weighted by molar-refractivity contribution is -0.143. The van der Waals surface area contributed by atoms with Gasteiger partial charge in [0.2, 0.25) is 0 Å². The van der Waals surface area contributed by atoms with Crippen LogP contribution in [0.4, 0.5) is 0 Å². The minimum Gasteiger partial charge on any atom is -0.466 e. The summed E-state index contributed by atoms with van der Waals surface area (Å²) in [6.07, 6.45) is 2.62. The molecule has 0 aliphatic heterocycles. The molecule has 6 heteroatoms. The number of hydrogen-bond donors (Lipinski definition) is 0. The zero-order valence-electron chi connectivity index (χ0n) is 11.4. The van der Waals surface area contributed by atoms with Crippen molar-refractivity contribution in [2.75, 3.05) is 19.7 Å². The summed E-state index contributed by atoms with van der Waals surface area (Å²) in [4.78, 5) is 26.4. The normalized spacial score (nSPS) is 14.1. The number of ether oxygens (including phenoxy) is 1. The Morgan fingerprint density at radius 1 is 1.45 bits per heavy atom. The summed E-state index contributed by atoms with van der Waals surface area (Å²) in [6, 6.07) is 3.69. The highest BCUT2D eigenvalue weighted by Crippen LogP contribution is 2.31. The fourth-order valence-electron chi connectivity index (χ4n) is 1.93. The largest absolute Gasteiger partial charge is 0.466 e. The Bertz CT molecular complexity index is 485. The van der Waals surface area contributed by atoms with Gasteiger partial charge < -0.3 is 9.64 Å². The second-order valence-electron chi connectivity index (χ2n) is 4.85. The number of thiophene rings is 1. The molecule has 20 heavy (non-hydrogen) atoms. The van der Waals surface area contributed by atoms with Crippen LogP contribution in [0.15, 0.2) is 15.9 Å². The summed E-state index contributed by atoms with van der Waals surface area (Å²) in [6.45, 7) is 3.35. The zero-order chi connectivity index (χ0) is 14.5. The van der Waals surface area contributed by atoms with Gasteiger partial charge >= 0.3 is 5.97 Å². The average molecular weight is 360 g/mol. The second kappa shape index (κ2) is 7.22. The van der Waals surface area contributed by atoms with E-state index in [9.17, 15) is 9.59 Å². The predicted octanol–water partition coefficient (Wildman–Crippen LogP) is 3.32. The smallest absolute Gasteiger partial charge is 0.307 e. The maximum Gasteiger partial charge on any atom is 0.307 e. The van der Waals surface area contributed by atoms with E-state index in [4.69, 9.17) is 4.74 Å². The third-order valence-electron chi connectivity index (χ3n) is 3.14. The van der Waals surface area contributed by atoms with Gasteiger partial charge in [0.15, 0.2) is 0 Å². The summed E-state index contributed by atoms with van der Waals surface area (Å²) in [5.41, 5.74) is 0. The van der Waals surface area contributed by atoms with Gasteiger partial charge in [-0.3, -0.25) is 9.59 Å². The van der Waals surface area contributed by atoms with E-state index in [1.807, 2.05) is 12.1 Å². The maximum absolute atomic E-state index is 12.5. The van der Waals surface area contributed by atoms with Crippen LogP contribution in [0.3, 0.4) is 0 Å². The molecule has 1 saturated carbocycles. The van der Waals surface area contributed by atoms with Crippen molar-refractivity contribution in [2.45, 2.75) is 26.2 Å². The molecule has 2 rings (SSSR count). The van der Waals surface area contributed by atoms with E-state index in [0.29, 0.717) is 23.9 Å². The standard InChI is InChI=1S/C14H18BrNO3S/c1-2-19-13(17)7-8-16(9-10-3-4-10)14(18)11-5-6-12(15)20-11/h5-6,10H,2-4,7-9H2,1H3. The monoisotopic (exact) mass is 359 g/mol. The molecule has 0 saturated heterocycles. The molecular weight excluding hydrogens is 342 g/mol. The van der Waals surface area contributed by atoms with Crippen molar-refractivity contribution >= 4 is 39.1 Å². The van der Waals surface area contributed by atoms with Gasteiger partial charge in [-0.1, -0.05) is 0 Å². The Hall–Kier alpha value is -0.880. The van der Waals surface area contributed by atoms with Crippen LogP contribution in [-0.2, 0) is 9.53 Å². The van der Waals surface area contributed by atoms with Gasteiger partial charge in [0.1, 0.15) is 0 Å². The number of halogens is 1. The van der Waals surface area contributed by atoms with Crippen molar-refractivity contribution in [3.05, 3.63) is 20.8 Å². The third kappa shape index (κ3) is 4.59. The van der Waals surface area contributed by atoms with Crippen molar-refractivity contribution in [3.8, 4) is 0 Å². The molecule has 1 fully saturated rings. The van der Waals surface area contributed by atoms with Crippen molar-refractivity contribution < 1.29 is 14.3 Å². The van der Waals surface area contributed by atoms with E-state index in [1.54, 1.807) is 11.8 Å². The number of esters is 1. The van der Waals surface area contributed by atoms with Crippen LogP contribution in [-0.4, -0.2) is 36.5 Å². The van der Waals surface area contributed by atoms with Crippen LogP contribution in [0, 0.1) is 5.92 Å². The molecule has 1 amide bonds. The second-order valence-corrected chi connectivity index (χ2v) is 7.32. The first-order valence-electron chi connectivity index (χ1n) is 6.80. The quantitative estimate of drug-likeness (QED) is 0.701. The third-order valence-corrected chi connectivity index (χ3v) is 4.75. The molecule has 1 aliphatic rings. The Morgan fingerprint density at radius 2 is 2.20 bits per heavy atom. The number of hydrogen-bond acceptors (Lipinski definition) is 4. The van der Waals surface area contributed by atoms with Crippen LogP contribution in [0.5, 0.6) is 0 Å². The predicted molar refractivity (Wildman–Crippen MR) is 81.9 cm³/mol. The molecule has 0 unspecified atom stereocenters. The van der Waals surface area contributed by atoms with E-state index >= 15 is 0 Å². The molecule has 1 aromatic heterocycles. The molecular formula is C14H18BrNO3S. The zero-order valence-corrected chi connectivity index (χ0v) is 13.8. The molecule has 0 radical (unpaired) electrons.